The molecule has 0 atom stereocenters. The van der Waals surface area contributed by atoms with Crippen LogP contribution in [-0.4, -0.2) is 9.55 Å². The third kappa shape index (κ3) is 3.93. The molecule has 1 aromatic carbocycles. The molecule has 0 fully saturated rings. The van der Waals surface area contributed by atoms with E-state index in [1.807, 2.05) is 19.9 Å². The van der Waals surface area contributed by atoms with Crippen LogP contribution in [0, 0.1) is 11.6 Å². The lowest BCUT2D eigenvalue weighted by atomic mass is 10.0. The van der Waals surface area contributed by atoms with Crippen LogP contribution in [-0.2, 0) is 13.0 Å². The summed E-state index contributed by atoms with van der Waals surface area (Å²) in [6.45, 7) is 8.24. The van der Waals surface area contributed by atoms with Gasteiger partial charge in [-0.1, -0.05) is 19.1 Å². The van der Waals surface area contributed by atoms with E-state index in [1.165, 1.54) is 6.07 Å². The number of pyridine rings is 1. The van der Waals surface area contributed by atoms with Crippen molar-refractivity contribution in [2.45, 2.75) is 38.1 Å². The molecule has 0 spiro atoms. The van der Waals surface area contributed by atoms with Gasteiger partial charge in [0.1, 0.15) is 17.2 Å². The van der Waals surface area contributed by atoms with Gasteiger partial charge in [-0.25, -0.2) is 8.78 Å². The Morgan fingerprint density at radius 3 is 2.78 bits per heavy atom. The van der Waals surface area contributed by atoms with Gasteiger partial charge in [-0.3, -0.25) is 4.79 Å². The van der Waals surface area contributed by atoms with Gasteiger partial charge >= 0.3 is 0 Å². The van der Waals surface area contributed by atoms with E-state index in [4.69, 9.17) is 0 Å². The zero-order valence-corrected chi connectivity index (χ0v) is 16.1. The molecule has 0 saturated heterocycles. The number of hydrogen-bond donors (Lipinski definition) is 2. The summed E-state index contributed by atoms with van der Waals surface area (Å²) in [4.78, 5) is 16.0. The van der Waals surface area contributed by atoms with Gasteiger partial charge in [0.15, 0.2) is 0 Å². The predicted molar refractivity (Wildman–Crippen MR) is 107 cm³/mol. The SMILES string of the molecule is C=C(CC)Cc1cc(F)c(NSc2c[nH]c3c(=O)n(CC)ccc23)cc1F. The summed E-state index contributed by atoms with van der Waals surface area (Å²) in [5.74, 6) is -1.00. The molecule has 3 rings (SSSR count). The summed E-state index contributed by atoms with van der Waals surface area (Å²) in [5.41, 5.74) is 1.57. The summed E-state index contributed by atoms with van der Waals surface area (Å²) >= 11 is 1.13. The summed E-state index contributed by atoms with van der Waals surface area (Å²) in [6, 6.07) is 4.19. The minimum atomic E-state index is -0.531. The smallest absolute Gasteiger partial charge is 0.274 e. The summed E-state index contributed by atoms with van der Waals surface area (Å²) in [7, 11) is 0. The van der Waals surface area contributed by atoms with Gasteiger partial charge < -0.3 is 14.3 Å². The third-order valence-electron chi connectivity index (χ3n) is 4.47. The minimum absolute atomic E-state index is 0.0552. The lowest BCUT2D eigenvalue weighted by molar-refractivity contribution is 0.591. The maximum absolute atomic E-state index is 14.4. The lowest BCUT2D eigenvalue weighted by Gasteiger charge is -2.10. The number of halogens is 2. The van der Waals surface area contributed by atoms with Gasteiger partial charge in [0.25, 0.3) is 5.56 Å². The molecule has 7 heteroatoms. The van der Waals surface area contributed by atoms with E-state index in [9.17, 15) is 13.6 Å². The molecule has 0 saturated carbocycles. The van der Waals surface area contributed by atoms with Crippen molar-refractivity contribution in [3.63, 3.8) is 0 Å². The Morgan fingerprint density at radius 1 is 1.30 bits per heavy atom. The standard InChI is InChI=1S/C20H21F2N3OS/c1-4-12(3)8-13-9-16(22)17(10-15(13)21)24-27-18-11-23-19-14(18)6-7-25(5-2)20(19)26/h6-7,9-11,23-24H,3-5,8H2,1-2H3. The van der Waals surface area contributed by atoms with E-state index < -0.39 is 11.6 Å². The summed E-state index contributed by atoms with van der Waals surface area (Å²) in [6.07, 6.45) is 4.44. The molecule has 2 heterocycles. The van der Waals surface area contributed by atoms with Gasteiger partial charge in [-0.2, -0.15) is 0 Å². The molecule has 0 unspecified atom stereocenters. The van der Waals surface area contributed by atoms with Crippen molar-refractivity contribution in [3.8, 4) is 0 Å². The van der Waals surface area contributed by atoms with Crippen molar-refractivity contribution in [2.24, 2.45) is 0 Å². The van der Waals surface area contributed by atoms with E-state index >= 15 is 0 Å². The van der Waals surface area contributed by atoms with E-state index in [0.717, 1.165) is 40.3 Å². The number of fused-ring (bicyclic) bond motifs is 1. The zero-order chi connectivity index (χ0) is 19.6. The van der Waals surface area contributed by atoms with Crippen molar-refractivity contribution < 1.29 is 8.78 Å². The van der Waals surface area contributed by atoms with E-state index in [1.54, 1.807) is 17.0 Å². The predicted octanol–water partition coefficient (Wildman–Crippen LogP) is 5.26. The number of rotatable bonds is 7. The van der Waals surface area contributed by atoms with Crippen molar-refractivity contribution in [2.75, 3.05) is 4.72 Å². The molecule has 2 aromatic heterocycles. The quantitative estimate of drug-likeness (QED) is 0.428. The molecule has 0 radical (unpaired) electrons. The van der Waals surface area contributed by atoms with Crippen LogP contribution in [0.25, 0.3) is 10.9 Å². The number of nitrogens with zero attached hydrogens (tertiary/aromatic N) is 1. The third-order valence-corrected chi connectivity index (χ3v) is 5.35. The van der Waals surface area contributed by atoms with Crippen LogP contribution in [0.1, 0.15) is 25.8 Å². The molecule has 0 aliphatic rings. The summed E-state index contributed by atoms with van der Waals surface area (Å²) in [5, 5.41) is 0.735. The number of H-pyrrole nitrogens is 1. The first kappa shape index (κ1) is 19.2. The maximum atomic E-state index is 14.4. The molecule has 27 heavy (non-hydrogen) atoms. The first-order valence-electron chi connectivity index (χ1n) is 8.72. The normalized spacial score (nSPS) is 11.1. The molecule has 4 nitrogen and oxygen atoms in total. The number of benzene rings is 1. The van der Waals surface area contributed by atoms with Crippen molar-refractivity contribution in [3.05, 3.63) is 70.3 Å². The Kier molecular flexibility index (Phi) is 5.70. The molecule has 0 aliphatic carbocycles. The van der Waals surface area contributed by atoms with Crippen LogP contribution in [0.5, 0.6) is 0 Å². The van der Waals surface area contributed by atoms with Crippen molar-refractivity contribution in [1.82, 2.24) is 9.55 Å². The Labute approximate surface area is 160 Å². The first-order valence-corrected chi connectivity index (χ1v) is 9.54. The fraction of sp³-hybridized carbons (Fsp3) is 0.250. The average Bonchev–Trinajstić information content (AvgIpc) is 3.07. The molecule has 0 aliphatic heterocycles. The summed E-state index contributed by atoms with van der Waals surface area (Å²) < 4.78 is 33.1. The number of allylic oxidation sites excluding steroid dienone is 1. The highest BCUT2D eigenvalue weighted by molar-refractivity contribution is 8.00. The highest BCUT2D eigenvalue weighted by Gasteiger charge is 2.13. The van der Waals surface area contributed by atoms with E-state index in [2.05, 4.69) is 16.3 Å². The Hall–Kier alpha value is -2.54. The number of nitrogens with one attached hydrogen (secondary N) is 2. The number of anilines is 1. The molecular formula is C20H21F2N3OS. The van der Waals surface area contributed by atoms with Gasteiger partial charge in [-0.05, 0) is 49.4 Å². The molecule has 2 N–H and O–H groups in total. The number of aryl methyl sites for hydroxylation is 1. The van der Waals surface area contributed by atoms with Crippen LogP contribution in [0.4, 0.5) is 14.5 Å². The van der Waals surface area contributed by atoms with E-state index in [-0.39, 0.29) is 11.2 Å². The highest BCUT2D eigenvalue weighted by atomic mass is 32.2. The first-order chi connectivity index (χ1) is 12.9. The molecule has 0 bridgehead atoms. The van der Waals surface area contributed by atoms with Gasteiger partial charge in [0.05, 0.1) is 10.6 Å². The van der Waals surface area contributed by atoms with Crippen molar-refractivity contribution in [1.29, 1.82) is 0 Å². The van der Waals surface area contributed by atoms with Crippen LogP contribution < -0.4 is 10.3 Å². The maximum Gasteiger partial charge on any atom is 0.274 e. The number of hydrogen-bond acceptors (Lipinski definition) is 3. The van der Waals surface area contributed by atoms with Crippen LogP contribution in [0.15, 0.2) is 52.4 Å². The second kappa shape index (κ2) is 8.00. The second-order valence-corrected chi connectivity index (χ2v) is 7.10. The largest absolute Gasteiger partial charge is 0.356 e. The van der Waals surface area contributed by atoms with Crippen LogP contribution in [0.2, 0.25) is 0 Å². The second-order valence-electron chi connectivity index (χ2n) is 6.26. The number of aromatic amines is 1. The molecular weight excluding hydrogens is 368 g/mol. The Balaban J connectivity index is 1.82. The van der Waals surface area contributed by atoms with Gasteiger partial charge in [0.2, 0.25) is 0 Å². The lowest BCUT2D eigenvalue weighted by Crippen LogP contribution is -2.18. The molecule has 0 amide bonds. The van der Waals surface area contributed by atoms with Crippen LogP contribution >= 0.6 is 11.9 Å². The van der Waals surface area contributed by atoms with Crippen molar-refractivity contribution >= 4 is 28.5 Å². The number of aromatic nitrogens is 2. The minimum Gasteiger partial charge on any atom is -0.356 e. The average molecular weight is 389 g/mol. The topological polar surface area (TPSA) is 49.8 Å². The fourth-order valence-corrected chi connectivity index (χ4v) is 3.55. The molecule has 142 valence electrons. The zero-order valence-electron chi connectivity index (χ0n) is 15.2. The van der Waals surface area contributed by atoms with Crippen LogP contribution in [0.3, 0.4) is 0 Å². The van der Waals surface area contributed by atoms with E-state index in [0.29, 0.717) is 24.0 Å². The Bertz CT molecular complexity index is 1060. The highest BCUT2D eigenvalue weighted by Crippen LogP contribution is 2.30. The monoisotopic (exact) mass is 389 g/mol. The fourth-order valence-electron chi connectivity index (χ4n) is 2.77. The van der Waals surface area contributed by atoms with Gasteiger partial charge in [0, 0.05) is 30.4 Å². The Morgan fingerprint density at radius 2 is 2.07 bits per heavy atom. The molecule has 3 aromatic rings. The van der Waals surface area contributed by atoms with Gasteiger partial charge in [-0.15, -0.1) is 0 Å².